The standard InChI is InChI=1S/C19H23N5O2/c1-14-4-3-5-16(12-14)13-20-19(26)17-6-7-18(22-21-17)24-10-8-23(9-11-24)15(2)25/h3-7,12H,8-11,13H2,1-2H3,(H,20,26). The van der Waals surface area contributed by atoms with E-state index in [0.717, 1.165) is 16.9 Å². The second-order valence-corrected chi connectivity index (χ2v) is 6.44. The van der Waals surface area contributed by atoms with Crippen molar-refractivity contribution in [3.8, 4) is 0 Å². The minimum absolute atomic E-state index is 0.0939. The Morgan fingerprint density at radius 3 is 2.46 bits per heavy atom. The largest absolute Gasteiger partial charge is 0.352 e. The van der Waals surface area contributed by atoms with Crippen molar-refractivity contribution in [3.63, 3.8) is 0 Å². The number of rotatable bonds is 4. The van der Waals surface area contributed by atoms with Crippen molar-refractivity contribution < 1.29 is 9.59 Å². The third-order valence-electron chi connectivity index (χ3n) is 4.47. The van der Waals surface area contributed by atoms with E-state index in [4.69, 9.17) is 0 Å². The molecule has 0 spiro atoms. The molecule has 3 rings (SSSR count). The number of hydrogen-bond donors (Lipinski definition) is 1. The van der Waals surface area contributed by atoms with Gasteiger partial charge in [0, 0.05) is 39.6 Å². The van der Waals surface area contributed by atoms with Crippen LogP contribution in [0.4, 0.5) is 5.82 Å². The molecule has 0 bridgehead atoms. The number of nitrogens with zero attached hydrogens (tertiary/aromatic N) is 4. The van der Waals surface area contributed by atoms with Crippen LogP contribution in [0.15, 0.2) is 36.4 Å². The zero-order chi connectivity index (χ0) is 18.5. The van der Waals surface area contributed by atoms with Crippen LogP contribution >= 0.6 is 0 Å². The molecule has 7 nitrogen and oxygen atoms in total. The lowest BCUT2D eigenvalue weighted by Gasteiger charge is -2.34. The predicted octanol–water partition coefficient (Wildman–Crippen LogP) is 1.38. The molecule has 1 saturated heterocycles. The van der Waals surface area contributed by atoms with Gasteiger partial charge in [-0.3, -0.25) is 9.59 Å². The van der Waals surface area contributed by atoms with Crippen LogP contribution in [-0.2, 0) is 11.3 Å². The molecule has 0 saturated carbocycles. The van der Waals surface area contributed by atoms with E-state index in [0.29, 0.717) is 38.4 Å². The van der Waals surface area contributed by atoms with E-state index in [9.17, 15) is 9.59 Å². The number of benzene rings is 1. The molecule has 2 amide bonds. The minimum atomic E-state index is -0.244. The van der Waals surface area contributed by atoms with Crippen LogP contribution in [0, 0.1) is 6.92 Å². The summed E-state index contributed by atoms with van der Waals surface area (Å²) in [5.74, 6) is 0.576. The van der Waals surface area contributed by atoms with Crippen LogP contribution in [0.25, 0.3) is 0 Å². The molecule has 136 valence electrons. The molecule has 7 heteroatoms. The number of nitrogens with one attached hydrogen (secondary N) is 1. The molecular weight excluding hydrogens is 330 g/mol. The Morgan fingerprint density at radius 1 is 1.08 bits per heavy atom. The van der Waals surface area contributed by atoms with Crippen molar-refractivity contribution in [2.45, 2.75) is 20.4 Å². The summed E-state index contributed by atoms with van der Waals surface area (Å²) < 4.78 is 0. The number of anilines is 1. The SMILES string of the molecule is CC(=O)N1CCN(c2ccc(C(=O)NCc3cccc(C)c3)nn2)CC1. The summed E-state index contributed by atoms with van der Waals surface area (Å²) in [5, 5.41) is 11.1. The van der Waals surface area contributed by atoms with Crippen molar-refractivity contribution in [1.82, 2.24) is 20.4 Å². The van der Waals surface area contributed by atoms with Crippen LogP contribution in [0.3, 0.4) is 0 Å². The molecule has 2 aromatic rings. The quantitative estimate of drug-likeness (QED) is 0.898. The first-order chi connectivity index (χ1) is 12.5. The molecule has 1 fully saturated rings. The summed E-state index contributed by atoms with van der Waals surface area (Å²) >= 11 is 0. The van der Waals surface area contributed by atoms with Crippen molar-refractivity contribution >= 4 is 17.6 Å². The average Bonchev–Trinajstić information content (AvgIpc) is 2.66. The Labute approximate surface area is 153 Å². The zero-order valence-electron chi connectivity index (χ0n) is 15.1. The van der Waals surface area contributed by atoms with E-state index in [1.165, 1.54) is 0 Å². The second kappa shape index (κ2) is 7.95. The molecule has 0 atom stereocenters. The highest BCUT2D eigenvalue weighted by molar-refractivity contribution is 5.92. The fraction of sp³-hybridized carbons (Fsp3) is 0.368. The van der Waals surface area contributed by atoms with Gasteiger partial charge in [-0.05, 0) is 24.6 Å². The minimum Gasteiger partial charge on any atom is -0.352 e. The first kappa shape index (κ1) is 17.8. The Kier molecular flexibility index (Phi) is 5.46. The van der Waals surface area contributed by atoms with Crippen LogP contribution in [0.1, 0.15) is 28.5 Å². The number of carbonyl (C=O) groups is 2. The van der Waals surface area contributed by atoms with E-state index in [2.05, 4.69) is 20.4 Å². The van der Waals surface area contributed by atoms with E-state index in [1.54, 1.807) is 19.1 Å². The maximum atomic E-state index is 12.2. The van der Waals surface area contributed by atoms with Crippen molar-refractivity contribution in [3.05, 3.63) is 53.2 Å². The van der Waals surface area contributed by atoms with Crippen LogP contribution in [-0.4, -0.2) is 53.1 Å². The lowest BCUT2D eigenvalue weighted by atomic mass is 10.1. The molecule has 1 aromatic heterocycles. The van der Waals surface area contributed by atoms with Gasteiger partial charge in [0.1, 0.15) is 0 Å². The van der Waals surface area contributed by atoms with Gasteiger partial charge in [0.25, 0.3) is 5.91 Å². The molecule has 26 heavy (non-hydrogen) atoms. The summed E-state index contributed by atoms with van der Waals surface area (Å²) in [6.45, 7) is 6.84. The highest BCUT2D eigenvalue weighted by Gasteiger charge is 2.20. The average molecular weight is 353 g/mol. The Morgan fingerprint density at radius 2 is 1.85 bits per heavy atom. The van der Waals surface area contributed by atoms with E-state index in [1.807, 2.05) is 36.1 Å². The number of carbonyl (C=O) groups excluding carboxylic acids is 2. The van der Waals surface area contributed by atoms with Crippen molar-refractivity contribution in [2.24, 2.45) is 0 Å². The van der Waals surface area contributed by atoms with Crippen molar-refractivity contribution in [1.29, 1.82) is 0 Å². The van der Waals surface area contributed by atoms with Gasteiger partial charge in [-0.2, -0.15) is 0 Å². The van der Waals surface area contributed by atoms with Gasteiger partial charge in [0.2, 0.25) is 5.91 Å². The Balaban J connectivity index is 1.55. The number of amides is 2. The number of hydrogen-bond acceptors (Lipinski definition) is 5. The smallest absolute Gasteiger partial charge is 0.272 e. The summed E-state index contributed by atoms with van der Waals surface area (Å²) in [6, 6.07) is 11.5. The van der Waals surface area contributed by atoms with Gasteiger partial charge >= 0.3 is 0 Å². The molecular formula is C19H23N5O2. The molecule has 0 unspecified atom stereocenters. The highest BCUT2D eigenvalue weighted by atomic mass is 16.2. The van der Waals surface area contributed by atoms with Crippen LogP contribution in [0.5, 0.6) is 0 Å². The second-order valence-electron chi connectivity index (χ2n) is 6.44. The molecule has 0 radical (unpaired) electrons. The summed E-state index contributed by atoms with van der Waals surface area (Å²) in [4.78, 5) is 27.5. The van der Waals surface area contributed by atoms with Crippen molar-refractivity contribution in [2.75, 3.05) is 31.1 Å². The monoisotopic (exact) mass is 353 g/mol. The summed E-state index contributed by atoms with van der Waals surface area (Å²) in [5.41, 5.74) is 2.50. The van der Waals surface area contributed by atoms with Gasteiger partial charge in [-0.15, -0.1) is 10.2 Å². The first-order valence-corrected chi connectivity index (χ1v) is 8.71. The van der Waals surface area contributed by atoms with Gasteiger partial charge in [0.15, 0.2) is 11.5 Å². The van der Waals surface area contributed by atoms with E-state index in [-0.39, 0.29) is 11.8 Å². The number of aromatic nitrogens is 2. The highest BCUT2D eigenvalue weighted by Crippen LogP contribution is 2.13. The predicted molar refractivity (Wildman–Crippen MR) is 98.8 cm³/mol. The maximum Gasteiger partial charge on any atom is 0.272 e. The maximum absolute atomic E-state index is 12.2. The topological polar surface area (TPSA) is 78.4 Å². The third-order valence-corrected chi connectivity index (χ3v) is 4.47. The Bertz CT molecular complexity index is 783. The Hall–Kier alpha value is -2.96. The lowest BCUT2D eigenvalue weighted by molar-refractivity contribution is -0.129. The summed E-state index contributed by atoms with van der Waals surface area (Å²) in [7, 11) is 0. The first-order valence-electron chi connectivity index (χ1n) is 8.71. The fourth-order valence-electron chi connectivity index (χ4n) is 2.96. The molecule has 1 aliphatic rings. The summed E-state index contributed by atoms with van der Waals surface area (Å²) in [6.07, 6.45) is 0. The zero-order valence-corrected chi connectivity index (χ0v) is 15.1. The molecule has 0 aliphatic carbocycles. The van der Waals surface area contributed by atoms with Crippen LogP contribution in [0.2, 0.25) is 0 Å². The molecule has 2 heterocycles. The fourth-order valence-corrected chi connectivity index (χ4v) is 2.96. The molecule has 1 N–H and O–H groups in total. The van der Waals surface area contributed by atoms with E-state index >= 15 is 0 Å². The normalized spacial score (nSPS) is 14.2. The van der Waals surface area contributed by atoms with Gasteiger partial charge in [-0.1, -0.05) is 29.8 Å². The third kappa shape index (κ3) is 4.36. The molecule has 1 aliphatic heterocycles. The van der Waals surface area contributed by atoms with E-state index < -0.39 is 0 Å². The number of aryl methyl sites for hydroxylation is 1. The van der Waals surface area contributed by atoms with Gasteiger partial charge < -0.3 is 15.1 Å². The van der Waals surface area contributed by atoms with Crippen LogP contribution < -0.4 is 10.2 Å². The van der Waals surface area contributed by atoms with Gasteiger partial charge in [-0.25, -0.2) is 0 Å². The molecule has 1 aromatic carbocycles. The lowest BCUT2D eigenvalue weighted by Crippen LogP contribution is -2.48. The van der Waals surface area contributed by atoms with Gasteiger partial charge in [0.05, 0.1) is 0 Å². The number of piperazine rings is 1.